The minimum Gasteiger partial charge on any atom is -0.379 e. The summed E-state index contributed by atoms with van der Waals surface area (Å²) >= 11 is 0. The van der Waals surface area contributed by atoms with Gasteiger partial charge in [-0.3, -0.25) is 0 Å². The highest BCUT2D eigenvalue weighted by molar-refractivity contribution is 7.91. The van der Waals surface area contributed by atoms with Crippen LogP contribution in [0.25, 0.3) is 0 Å². The third kappa shape index (κ3) is 4.39. The fraction of sp³-hybridized carbons (Fsp3) is 1.00. The van der Waals surface area contributed by atoms with Gasteiger partial charge in [-0.15, -0.1) is 0 Å². The summed E-state index contributed by atoms with van der Waals surface area (Å²) in [4.78, 5) is 0. The van der Waals surface area contributed by atoms with Crippen LogP contribution in [0, 0.1) is 11.8 Å². The topological polar surface area (TPSA) is 69.4 Å². The van der Waals surface area contributed by atoms with Crippen LogP contribution in [-0.2, 0) is 14.6 Å². The van der Waals surface area contributed by atoms with Crippen LogP contribution in [0.3, 0.4) is 0 Å². The highest BCUT2D eigenvalue weighted by Gasteiger charge is 2.32. The summed E-state index contributed by atoms with van der Waals surface area (Å²) in [5.74, 6) is 1.18. The monoisotopic (exact) mass is 249 g/mol. The van der Waals surface area contributed by atoms with Gasteiger partial charge in [0.2, 0.25) is 0 Å². The van der Waals surface area contributed by atoms with Crippen molar-refractivity contribution in [2.75, 3.05) is 24.7 Å². The summed E-state index contributed by atoms with van der Waals surface area (Å²) in [5, 5.41) is 0. The van der Waals surface area contributed by atoms with Gasteiger partial charge in [0.05, 0.1) is 17.6 Å². The minimum absolute atomic E-state index is 0.228. The summed E-state index contributed by atoms with van der Waals surface area (Å²) in [5.41, 5.74) is 5.71. The van der Waals surface area contributed by atoms with Crippen LogP contribution < -0.4 is 5.73 Å². The molecule has 0 spiro atoms. The predicted octanol–water partition coefficient (Wildman–Crippen LogP) is 0.811. The van der Waals surface area contributed by atoms with E-state index in [0.717, 1.165) is 12.8 Å². The van der Waals surface area contributed by atoms with Crippen molar-refractivity contribution in [2.45, 2.75) is 32.8 Å². The van der Waals surface area contributed by atoms with Crippen LogP contribution in [0.5, 0.6) is 0 Å². The van der Waals surface area contributed by atoms with Gasteiger partial charge in [-0.2, -0.15) is 0 Å². The van der Waals surface area contributed by atoms with Gasteiger partial charge in [0.15, 0.2) is 9.84 Å². The second-order valence-electron chi connectivity index (χ2n) is 4.87. The fourth-order valence-corrected chi connectivity index (χ4v) is 4.12. The normalized spacial score (nSPS) is 26.1. The molecule has 1 rings (SSSR count). The van der Waals surface area contributed by atoms with Gasteiger partial charge in [0.1, 0.15) is 0 Å². The number of rotatable bonds is 6. The van der Waals surface area contributed by atoms with Crippen molar-refractivity contribution in [3.8, 4) is 0 Å². The van der Waals surface area contributed by atoms with Gasteiger partial charge in [-0.05, 0) is 45.1 Å². The number of nitrogens with two attached hydrogens (primary N) is 1. The molecule has 2 N–H and O–H groups in total. The van der Waals surface area contributed by atoms with E-state index in [0.29, 0.717) is 24.7 Å². The zero-order valence-corrected chi connectivity index (χ0v) is 11.0. The highest BCUT2D eigenvalue weighted by Crippen LogP contribution is 2.27. The number of hydrogen-bond donors (Lipinski definition) is 1. The van der Waals surface area contributed by atoms with Crippen LogP contribution >= 0.6 is 0 Å². The van der Waals surface area contributed by atoms with Crippen LogP contribution in [0.15, 0.2) is 0 Å². The predicted molar refractivity (Wildman–Crippen MR) is 65.0 cm³/mol. The van der Waals surface area contributed by atoms with Crippen molar-refractivity contribution in [1.29, 1.82) is 0 Å². The molecule has 1 fully saturated rings. The zero-order chi connectivity index (χ0) is 12.2. The molecule has 2 atom stereocenters. The molecule has 0 aromatic heterocycles. The molecule has 4 nitrogen and oxygen atoms in total. The highest BCUT2D eigenvalue weighted by atomic mass is 32.2. The molecule has 0 aromatic rings. The van der Waals surface area contributed by atoms with E-state index in [1.807, 2.05) is 13.8 Å². The fourth-order valence-electron chi connectivity index (χ4n) is 2.20. The third-order valence-corrected chi connectivity index (χ3v) is 4.97. The second kappa shape index (κ2) is 5.98. The van der Waals surface area contributed by atoms with E-state index >= 15 is 0 Å². The van der Waals surface area contributed by atoms with Crippen molar-refractivity contribution < 1.29 is 13.2 Å². The first-order valence-corrected chi connectivity index (χ1v) is 7.79. The van der Waals surface area contributed by atoms with Gasteiger partial charge in [-0.25, -0.2) is 8.42 Å². The van der Waals surface area contributed by atoms with Gasteiger partial charge in [-0.1, -0.05) is 0 Å². The standard InChI is InChI=1S/C11H23NO3S/c1-9(2)15-5-3-10(7-12)11-4-6-16(13,14)8-11/h9-11H,3-8,12H2,1-2H3. The Hall–Kier alpha value is -0.130. The van der Waals surface area contributed by atoms with Gasteiger partial charge in [0.25, 0.3) is 0 Å². The maximum absolute atomic E-state index is 11.4. The molecule has 2 unspecified atom stereocenters. The van der Waals surface area contributed by atoms with Crippen molar-refractivity contribution in [1.82, 2.24) is 0 Å². The molecule has 0 radical (unpaired) electrons. The first-order chi connectivity index (χ1) is 7.44. The SMILES string of the molecule is CC(C)OCCC(CN)C1CCS(=O)(=O)C1. The smallest absolute Gasteiger partial charge is 0.150 e. The molecule has 1 saturated heterocycles. The summed E-state index contributed by atoms with van der Waals surface area (Å²) in [6.07, 6.45) is 1.87. The van der Waals surface area contributed by atoms with Crippen LogP contribution in [-0.4, -0.2) is 39.2 Å². The lowest BCUT2D eigenvalue weighted by atomic mass is 9.89. The molecule has 5 heteroatoms. The Morgan fingerprint density at radius 1 is 1.44 bits per heavy atom. The Morgan fingerprint density at radius 3 is 2.56 bits per heavy atom. The van der Waals surface area contributed by atoms with E-state index in [1.54, 1.807) is 0 Å². The quantitative estimate of drug-likeness (QED) is 0.756. The lowest BCUT2D eigenvalue weighted by molar-refractivity contribution is 0.0643. The lowest BCUT2D eigenvalue weighted by Crippen LogP contribution is -2.26. The molecule has 1 aliphatic rings. The molecule has 0 aliphatic carbocycles. The molecule has 1 heterocycles. The number of hydrogen-bond acceptors (Lipinski definition) is 4. The molecule has 0 aromatic carbocycles. The second-order valence-corrected chi connectivity index (χ2v) is 7.10. The average molecular weight is 249 g/mol. The zero-order valence-electron chi connectivity index (χ0n) is 10.2. The number of ether oxygens (including phenoxy) is 1. The van der Waals surface area contributed by atoms with Crippen LogP contribution in [0.2, 0.25) is 0 Å². The lowest BCUT2D eigenvalue weighted by Gasteiger charge is -2.21. The Balaban J connectivity index is 2.37. The van der Waals surface area contributed by atoms with Crippen molar-refractivity contribution >= 4 is 9.84 Å². The van der Waals surface area contributed by atoms with Gasteiger partial charge >= 0.3 is 0 Å². The van der Waals surface area contributed by atoms with Crippen LogP contribution in [0.1, 0.15) is 26.7 Å². The maximum Gasteiger partial charge on any atom is 0.150 e. The Morgan fingerprint density at radius 2 is 2.12 bits per heavy atom. The molecular weight excluding hydrogens is 226 g/mol. The van der Waals surface area contributed by atoms with E-state index < -0.39 is 9.84 Å². The molecule has 1 aliphatic heterocycles. The third-order valence-electron chi connectivity index (χ3n) is 3.18. The average Bonchev–Trinajstić information content (AvgIpc) is 2.53. The Bertz CT molecular complexity index is 300. The van der Waals surface area contributed by atoms with E-state index in [-0.39, 0.29) is 17.9 Å². The molecule has 16 heavy (non-hydrogen) atoms. The van der Waals surface area contributed by atoms with Crippen LogP contribution in [0.4, 0.5) is 0 Å². The maximum atomic E-state index is 11.4. The van der Waals surface area contributed by atoms with E-state index in [4.69, 9.17) is 10.5 Å². The van der Waals surface area contributed by atoms with E-state index in [1.165, 1.54) is 0 Å². The first kappa shape index (κ1) is 13.9. The molecular formula is C11H23NO3S. The summed E-state index contributed by atoms with van der Waals surface area (Å²) in [6.45, 7) is 5.23. The summed E-state index contributed by atoms with van der Waals surface area (Å²) < 4.78 is 28.2. The summed E-state index contributed by atoms with van der Waals surface area (Å²) in [6, 6.07) is 0. The minimum atomic E-state index is -2.79. The van der Waals surface area contributed by atoms with Crippen molar-refractivity contribution in [3.63, 3.8) is 0 Å². The Kier molecular flexibility index (Phi) is 5.21. The van der Waals surface area contributed by atoms with Crippen molar-refractivity contribution in [2.24, 2.45) is 17.6 Å². The molecule has 0 bridgehead atoms. The largest absolute Gasteiger partial charge is 0.379 e. The number of sulfone groups is 1. The Labute approximate surface area is 98.5 Å². The van der Waals surface area contributed by atoms with Gasteiger partial charge < -0.3 is 10.5 Å². The summed E-state index contributed by atoms with van der Waals surface area (Å²) in [7, 11) is -2.79. The first-order valence-electron chi connectivity index (χ1n) is 5.96. The molecule has 96 valence electrons. The van der Waals surface area contributed by atoms with Crippen molar-refractivity contribution in [3.05, 3.63) is 0 Å². The molecule has 0 amide bonds. The van der Waals surface area contributed by atoms with E-state index in [2.05, 4.69) is 0 Å². The van der Waals surface area contributed by atoms with Gasteiger partial charge in [0, 0.05) is 6.61 Å². The van der Waals surface area contributed by atoms with E-state index in [9.17, 15) is 8.42 Å². The molecule has 0 saturated carbocycles.